The number of nitrogens with one attached hydrogen (secondary N) is 1. The van der Waals surface area contributed by atoms with Crippen LogP contribution in [0, 0.1) is 0 Å². The zero-order chi connectivity index (χ0) is 13.2. The van der Waals surface area contributed by atoms with Crippen molar-refractivity contribution in [2.24, 2.45) is 0 Å². The summed E-state index contributed by atoms with van der Waals surface area (Å²) in [6.07, 6.45) is -1.90. The van der Waals surface area contributed by atoms with Crippen LogP contribution in [0.15, 0.2) is 0 Å². The summed E-state index contributed by atoms with van der Waals surface area (Å²) in [6.45, 7) is 6.79. The number of hydrogen-bond acceptors (Lipinski definition) is 3. The molecule has 1 fully saturated rings. The highest BCUT2D eigenvalue weighted by atomic mass is 19.1. The second-order valence-electron chi connectivity index (χ2n) is 5.19. The van der Waals surface area contributed by atoms with Gasteiger partial charge in [-0.25, -0.2) is 9.18 Å². The molecule has 1 N–H and O–H groups in total. The fourth-order valence-corrected chi connectivity index (χ4v) is 1.62. The third-order valence-electron chi connectivity index (χ3n) is 2.40. The first kappa shape index (κ1) is 13.7. The third-order valence-corrected chi connectivity index (χ3v) is 2.40. The smallest absolute Gasteiger partial charge is 0.408 e. The number of halogens is 1. The molecule has 0 aromatic carbocycles. The molecule has 17 heavy (non-hydrogen) atoms. The Labute approximate surface area is 100 Å². The van der Waals surface area contributed by atoms with E-state index in [1.807, 2.05) is 0 Å². The first-order chi connectivity index (χ1) is 7.69. The van der Waals surface area contributed by atoms with Crippen LogP contribution < -0.4 is 5.32 Å². The molecule has 5 nitrogen and oxygen atoms in total. The summed E-state index contributed by atoms with van der Waals surface area (Å²) in [5.74, 6) is -0.193. The van der Waals surface area contributed by atoms with Crippen LogP contribution in [0.3, 0.4) is 0 Å². The maximum atomic E-state index is 13.5. The van der Waals surface area contributed by atoms with Crippen LogP contribution in [0.4, 0.5) is 9.18 Å². The number of carbonyl (C=O) groups is 2. The third kappa shape index (κ3) is 4.20. The van der Waals surface area contributed by atoms with Crippen molar-refractivity contribution in [2.45, 2.75) is 45.5 Å². The van der Waals surface area contributed by atoms with Gasteiger partial charge in [0.15, 0.2) is 0 Å². The molecule has 0 aliphatic carbocycles. The predicted molar refractivity (Wildman–Crippen MR) is 60.3 cm³/mol. The highest BCUT2D eigenvalue weighted by molar-refractivity contribution is 5.74. The average Bonchev–Trinajstić information content (AvgIpc) is 2.44. The molecule has 2 atom stereocenters. The molecule has 1 saturated heterocycles. The highest BCUT2D eigenvalue weighted by Crippen LogP contribution is 2.15. The van der Waals surface area contributed by atoms with Gasteiger partial charge >= 0.3 is 6.09 Å². The summed E-state index contributed by atoms with van der Waals surface area (Å²) in [4.78, 5) is 23.9. The lowest BCUT2D eigenvalue weighted by atomic mass is 10.2. The summed E-state index contributed by atoms with van der Waals surface area (Å²) in [5, 5.41) is 2.44. The second-order valence-corrected chi connectivity index (χ2v) is 5.19. The molecule has 1 rings (SSSR count). The highest BCUT2D eigenvalue weighted by Gasteiger charge is 2.35. The van der Waals surface area contributed by atoms with Gasteiger partial charge in [0.2, 0.25) is 5.91 Å². The van der Waals surface area contributed by atoms with E-state index in [4.69, 9.17) is 4.74 Å². The Hall–Kier alpha value is -1.33. The van der Waals surface area contributed by atoms with Crippen molar-refractivity contribution in [3.8, 4) is 0 Å². The van der Waals surface area contributed by atoms with Gasteiger partial charge in [0.1, 0.15) is 11.8 Å². The fourth-order valence-electron chi connectivity index (χ4n) is 1.62. The summed E-state index contributed by atoms with van der Waals surface area (Å²) in [5.41, 5.74) is -0.616. The summed E-state index contributed by atoms with van der Waals surface area (Å²) >= 11 is 0. The lowest BCUT2D eigenvalue weighted by Crippen LogP contribution is -2.44. The zero-order valence-corrected chi connectivity index (χ0v) is 10.6. The van der Waals surface area contributed by atoms with E-state index in [1.165, 1.54) is 11.8 Å². The minimum absolute atomic E-state index is 0.0236. The van der Waals surface area contributed by atoms with E-state index in [2.05, 4.69) is 5.32 Å². The Morgan fingerprint density at radius 3 is 2.35 bits per heavy atom. The van der Waals surface area contributed by atoms with Gasteiger partial charge in [0, 0.05) is 13.5 Å². The number of alkyl halides is 1. The van der Waals surface area contributed by atoms with E-state index in [9.17, 15) is 14.0 Å². The molecule has 6 heteroatoms. The summed E-state index contributed by atoms with van der Waals surface area (Å²) in [7, 11) is 0. The number of ether oxygens (including phenoxy) is 1. The Kier molecular flexibility index (Phi) is 3.95. The molecule has 1 aliphatic rings. The molecule has 0 bridgehead atoms. The monoisotopic (exact) mass is 246 g/mol. The van der Waals surface area contributed by atoms with Crippen LogP contribution >= 0.6 is 0 Å². The standard InChI is InChI=1S/C11H19FN2O3/c1-7(15)14-5-8(12)9(6-14)13-10(16)17-11(2,3)4/h8-9H,5-6H2,1-4H3,(H,13,16). The number of amides is 2. The van der Waals surface area contributed by atoms with Crippen LogP contribution in [0.25, 0.3) is 0 Å². The van der Waals surface area contributed by atoms with Crippen molar-refractivity contribution in [3.05, 3.63) is 0 Å². The van der Waals surface area contributed by atoms with Crippen molar-refractivity contribution < 1.29 is 18.7 Å². The SMILES string of the molecule is CC(=O)N1CC(F)C(NC(=O)OC(C)(C)C)C1. The topological polar surface area (TPSA) is 58.6 Å². The van der Waals surface area contributed by atoms with Gasteiger partial charge in [-0.2, -0.15) is 0 Å². The van der Waals surface area contributed by atoms with E-state index in [0.29, 0.717) is 0 Å². The van der Waals surface area contributed by atoms with Gasteiger partial charge in [0.05, 0.1) is 12.6 Å². The molecule has 0 aromatic heterocycles. The molecule has 2 unspecified atom stereocenters. The first-order valence-electron chi connectivity index (χ1n) is 5.58. The first-order valence-corrected chi connectivity index (χ1v) is 5.58. The zero-order valence-electron chi connectivity index (χ0n) is 10.6. The molecular weight excluding hydrogens is 227 g/mol. The van der Waals surface area contributed by atoms with E-state index in [-0.39, 0.29) is 19.0 Å². The molecular formula is C11H19FN2O3. The van der Waals surface area contributed by atoms with E-state index in [0.717, 1.165) is 0 Å². The molecule has 2 amide bonds. The minimum Gasteiger partial charge on any atom is -0.444 e. The average molecular weight is 246 g/mol. The van der Waals surface area contributed by atoms with Gasteiger partial charge < -0.3 is 15.0 Å². The van der Waals surface area contributed by atoms with Crippen LogP contribution in [-0.2, 0) is 9.53 Å². The van der Waals surface area contributed by atoms with Gasteiger partial charge in [-0.05, 0) is 20.8 Å². The molecule has 0 spiro atoms. The van der Waals surface area contributed by atoms with Crippen molar-refractivity contribution in [1.82, 2.24) is 10.2 Å². The maximum absolute atomic E-state index is 13.5. The Bertz CT molecular complexity index is 314. The van der Waals surface area contributed by atoms with Gasteiger partial charge in [-0.15, -0.1) is 0 Å². The van der Waals surface area contributed by atoms with Crippen LogP contribution in [-0.4, -0.2) is 47.8 Å². The lowest BCUT2D eigenvalue weighted by molar-refractivity contribution is -0.128. The molecule has 98 valence electrons. The fraction of sp³-hybridized carbons (Fsp3) is 0.818. The number of hydrogen-bond donors (Lipinski definition) is 1. The van der Waals surface area contributed by atoms with E-state index < -0.39 is 23.9 Å². The van der Waals surface area contributed by atoms with Gasteiger partial charge in [0.25, 0.3) is 0 Å². The van der Waals surface area contributed by atoms with Gasteiger partial charge in [-0.3, -0.25) is 4.79 Å². The number of carbonyl (C=O) groups excluding carboxylic acids is 2. The normalized spacial score (nSPS) is 24.6. The van der Waals surface area contributed by atoms with Crippen molar-refractivity contribution in [1.29, 1.82) is 0 Å². The maximum Gasteiger partial charge on any atom is 0.408 e. The van der Waals surface area contributed by atoms with Gasteiger partial charge in [-0.1, -0.05) is 0 Å². The Balaban J connectivity index is 2.47. The lowest BCUT2D eigenvalue weighted by Gasteiger charge is -2.22. The Morgan fingerprint density at radius 1 is 1.35 bits per heavy atom. The second kappa shape index (κ2) is 4.89. The van der Waals surface area contributed by atoms with Crippen molar-refractivity contribution in [2.75, 3.05) is 13.1 Å². The summed E-state index contributed by atoms with van der Waals surface area (Å²) < 4.78 is 18.6. The van der Waals surface area contributed by atoms with E-state index >= 15 is 0 Å². The molecule has 0 radical (unpaired) electrons. The minimum atomic E-state index is -1.24. The quantitative estimate of drug-likeness (QED) is 0.753. The number of rotatable bonds is 1. The predicted octanol–water partition coefficient (Wildman–Crippen LogP) is 1.08. The number of alkyl carbamates (subject to hydrolysis) is 1. The van der Waals surface area contributed by atoms with Crippen molar-refractivity contribution in [3.63, 3.8) is 0 Å². The number of likely N-dealkylation sites (tertiary alicyclic amines) is 1. The molecule has 0 saturated carbocycles. The van der Waals surface area contributed by atoms with E-state index in [1.54, 1.807) is 20.8 Å². The largest absolute Gasteiger partial charge is 0.444 e. The molecule has 0 aromatic rings. The molecule has 1 aliphatic heterocycles. The van der Waals surface area contributed by atoms with Crippen LogP contribution in [0.2, 0.25) is 0 Å². The Morgan fingerprint density at radius 2 is 1.94 bits per heavy atom. The van der Waals surface area contributed by atoms with Crippen LogP contribution in [0.1, 0.15) is 27.7 Å². The summed E-state index contributed by atoms with van der Waals surface area (Å²) in [6, 6.07) is -0.686. The van der Waals surface area contributed by atoms with Crippen molar-refractivity contribution >= 4 is 12.0 Å². The van der Waals surface area contributed by atoms with Crippen LogP contribution in [0.5, 0.6) is 0 Å². The number of nitrogens with zero attached hydrogens (tertiary/aromatic N) is 1. The molecule has 1 heterocycles.